The number of morpholine rings is 1. The van der Waals surface area contributed by atoms with E-state index >= 15 is 0 Å². The van der Waals surface area contributed by atoms with E-state index in [9.17, 15) is 0 Å². The van der Waals surface area contributed by atoms with Gasteiger partial charge in [0.25, 0.3) is 0 Å². The van der Waals surface area contributed by atoms with Crippen molar-refractivity contribution in [2.75, 3.05) is 31.2 Å². The molecule has 0 aromatic carbocycles. The van der Waals surface area contributed by atoms with Gasteiger partial charge in [-0.2, -0.15) is 0 Å². The summed E-state index contributed by atoms with van der Waals surface area (Å²) in [7, 11) is 0. The zero-order chi connectivity index (χ0) is 20.3. The van der Waals surface area contributed by atoms with Crippen LogP contribution in [0.1, 0.15) is 28.5 Å². The van der Waals surface area contributed by atoms with E-state index in [0.29, 0.717) is 6.42 Å². The van der Waals surface area contributed by atoms with Crippen molar-refractivity contribution in [1.82, 2.24) is 24.3 Å². The lowest BCUT2D eigenvalue weighted by Crippen LogP contribution is -2.37. The Hall–Kier alpha value is -3.32. The van der Waals surface area contributed by atoms with Crippen LogP contribution in [-0.4, -0.2) is 50.6 Å². The Balaban J connectivity index is 1.47. The Morgan fingerprint density at radius 3 is 2.70 bits per heavy atom. The van der Waals surface area contributed by atoms with Crippen LogP contribution >= 0.6 is 0 Å². The van der Waals surface area contributed by atoms with Crippen LogP contribution in [0.25, 0.3) is 5.65 Å². The fraction of sp³-hybridized carbons (Fsp3) is 0.304. The number of imidazole rings is 1. The number of ether oxygens (including phenoxy) is 1. The Kier molecular flexibility index (Phi) is 5.11. The highest BCUT2D eigenvalue weighted by molar-refractivity contribution is 5.45. The molecule has 4 aromatic rings. The highest BCUT2D eigenvalue weighted by atomic mass is 16.5. The average Bonchev–Trinajstić information content (AvgIpc) is 3.22. The van der Waals surface area contributed by atoms with Crippen molar-refractivity contribution >= 4 is 11.5 Å². The number of hydrogen-bond donors (Lipinski definition) is 0. The van der Waals surface area contributed by atoms with Crippen LogP contribution in [0.5, 0.6) is 0 Å². The highest BCUT2D eigenvalue weighted by Gasteiger charge is 2.16. The summed E-state index contributed by atoms with van der Waals surface area (Å²) in [4.78, 5) is 21.0. The molecule has 5 heterocycles. The number of rotatable bonds is 5. The third-order valence-corrected chi connectivity index (χ3v) is 5.28. The summed E-state index contributed by atoms with van der Waals surface area (Å²) in [6.07, 6.45) is 7.16. The number of fused-ring (bicyclic) bond motifs is 1. The van der Waals surface area contributed by atoms with Crippen molar-refractivity contribution < 1.29 is 4.74 Å². The minimum absolute atomic E-state index is 0.617. The van der Waals surface area contributed by atoms with Crippen molar-refractivity contribution in [3.63, 3.8) is 0 Å². The van der Waals surface area contributed by atoms with Crippen LogP contribution in [0.2, 0.25) is 0 Å². The fourth-order valence-electron chi connectivity index (χ4n) is 3.79. The third kappa shape index (κ3) is 4.16. The van der Waals surface area contributed by atoms with Crippen molar-refractivity contribution in [2.24, 2.45) is 0 Å². The molecule has 0 spiro atoms. The summed E-state index contributed by atoms with van der Waals surface area (Å²) in [6.45, 7) is 5.15. The summed E-state index contributed by atoms with van der Waals surface area (Å²) in [5.74, 6) is 1.77. The second-order valence-corrected chi connectivity index (χ2v) is 7.58. The van der Waals surface area contributed by atoms with Crippen molar-refractivity contribution in [1.29, 1.82) is 0 Å². The molecule has 4 aromatic heterocycles. The predicted molar refractivity (Wildman–Crippen MR) is 115 cm³/mol. The normalized spacial score (nSPS) is 14.4. The van der Waals surface area contributed by atoms with Crippen LogP contribution in [0.15, 0.2) is 55.0 Å². The highest BCUT2D eigenvalue weighted by Crippen LogP contribution is 2.19. The van der Waals surface area contributed by atoms with Gasteiger partial charge in [-0.3, -0.25) is 4.98 Å². The van der Waals surface area contributed by atoms with E-state index in [1.165, 1.54) is 5.56 Å². The molecule has 0 amide bonds. The van der Waals surface area contributed by atoms with Crippen LogP contribution < -0.4 is 4.90 Å². The first-order valence-electron chi connectivity index (χ1n) is 10.3. The molecule has 0 unspecified atom stereocenters. The minimum Gasteiger partial charge on any atom is -0.378 e. The molecule has 1 aliphatic rings. The summed E-state index contributed by atoms with van der Waals surface area (Å²) < 4.78 is 7.53. The lowest BCUT2D eigenvalue weighted by Gasteiger charge is -2.28. The third-order valence-electron chi connectivity index (χ3n) is 5.28. The van der Waals surface area contributed by atoms with Gasteiger partial charge < -0.3 is 14.0 Å². The van der Waals surface area contributed by atoms with Crippen LogP contribution in [0.4, 0.5) is 5.82 Å². The molecule has 0 radical (unpaired) electrons. The first-order valence-corrected chi connectivity index (χ1v) is 10.3. The van der Waals surface area contributed by atoms with Crippen molar-refractivity contribution in [3.05, 3.63) is 83.5 Å². The maximum atomic E-state index is 5.52. The van der Waals surface area contributed by atoms with E-state index in [1.807, 2.05) is 48.1 Å². The monoisotopic (exact) mass is 400 g/mol. The van der Waals surface area contributed by atoms with E-state index in [0.717, 1.165) is 67.1 Å². The molecular weight excluding hydrogens is 376 g/mol. The van der Waals surface area contributed by atoms with E-state index in [2.05, 4.69) is 33.1 Å². The fourth-order valence-corrected chi connectivity index (χ4v) is 3.79. The molecule has 0 bridgehead atoms. The molecule has 0 N–H and O–H groups in total. The topological polar surface area (TPSA) is 68.4 Å². The number of nitrogens with zero attached hydrogens (tertiary/aromatic N) is 6. The number of aryl methyl sites for hydroxylation is 1. The van der Waals surface area contributed by atoms with Gasteiger partial charge in [0.05, 0.1) is 25.3 Å². The molecule has 7 nitrogen and oxygen atoms in total. The number of anilines is 1. The molecule has 0 aliphatic carbocycles. The molecule has 1 aliphatic heterocycles. The Bertz CT molecular complexity index is 1170. The number of hydrogen-bond acceptors (Lipinski definition) is 6. The molecule has 1 fully saturated rings. The van der Waals surface area contributed by atoms with Gasteiger partial charge in [0, 0.05) is 55.6 Å². The maximum Gasteiger partial charge on any atom is 0.136 e. The summed E-state index contributed by atoms with van der Waals surface area (Å²) in [6, 6.07) is 12.4. The summed E-state index contributed by atoms with van der Waals surface area (Å²) in [5.41, 5.74) is 5.12. The minimum atomic E-state index is 0.617. The summed E-state index contributed by atoms with van der Waals surface area (Å²) in [5, 5.41) is 0. The Morgan fingerprint density at radius 1 is 0.933 bits per heavy atom. The van der Waals surface area contributed by atoms with E-state index < -0.39 is 0 Å². The molecule has 0 saturated carbocycles. The lowest BCUT2D eigenvalue weighted by atomic mass is 10.1. The van der Waals surface area contributed by atoms with E-state index in [4.69, 9.17) is 14.7 Å². The van der Waals surface area contributed by atoms with Crippen LogP contribution in [0, 0.1) is 6.92 Å². The van der Waals surface area contributed by atoms with Gasteiger partial charge in [-0.15, -0.1) is 0 Å². The number of pyridine rings is 2. The van der Waals surface area contributed by atoms with Gasteiger partial charge in [0.15, 0.2) is 0 Å². The maximum absolute atomic E-state index is 5.52. The van der Waals surface area contributed by atoms with Crippen LogP contribution in [0.3, 0.4) is 0 Å². The zero-order valence-electron chi connectivity index (χ0n) is 17.0. The molecule has 1 saturated heterocycles. The van der Waals surface area contributed by atoms with Gasteiger partial charge in [-0.1, -0.05) is 6.07 Å². The van der Waals surface area contributed by atoms with Gasteiger partial charge in [0.2, 0.25) is 0 Å². The number of aromatic nitrogens is 5. The van der Waals surface area contributed by atoms with Crippen LogP contribution in [-0.2, 0) is 17.6 Å². The quantitative estimate of drug-likeness (QED) is 0.513. The first kappa shape index (κ1) is 18.7. The van der Waals surface area contributed by atoms with Gasteiger partial charge in [0.1, 0.15) is 17.3 Å². The van der Waals surface area contributed by atoms with Gasteiger partial charge in [-0.25, -0.2) is 15.0 Å². The average molecular weight is 400 g/mol. The standard InChI is InChI=1S/C23H24N6O/c1-17-3-2-4-19(25-17)15-21-26-20(16-23(27-21)29-9-11-30-12-10-29)13-18-5-7-28-8-6-24-22(28)14-18/h2-8,14,16H,9-13,15H2,1H3. The summed E-state index contributed by atoms with van der Waals surface area (Å²) >= 11 is 0. The Labute approximate surface area is 175 Å². The smallest absolute Gasteiger partial charge is 0.136 e. The molecule has 5 rings (SSSR count). The molecule has 30 heavy (non-hydrogen) atoms. The lowest BCUT2D eigenvalue weighted by molar-refractivity contribution is 0.122. The molecular formula is C23H24N6O. The molecule has 7 heteroatoms. The molecule has 0 atom stereocenters. The largest absolute Gasteiger partial charge is 0.378 e. The first-order chi connectivity index (χ1) is 14.7. The van der Waals surface area contributed by atoms with Crippen molar-refractivity contribution in [2.45, 2.75) is 19.8 Å². The second-order valence-electron chi connectivity index (χ2n) is 7.58. The van der Waals surface area contributed by atoms with E-state index in [1.54, 1.807) is 0 Å². The zero-order valence-corrected chi connectivity index (χ0v) is 17.0. The predicted octanol–water partition coefficient (Wildman–Crippen LogP) is 2.85. The second kappa shape index (κ2) is 8.20. The van der Waals surface area contributed by atoms with Gasteiger partial charge in [-0.05, 0) is 36.8 Å². The van der Waals surface area contributed by atoms with E-state index in [-0.39, 0.29) is 0 Å². The SMILES string of the molecule is Cc1cccc(Cc2nc(Cc3ccn4ccnc4c3)cc(N3CCOCC3)n2)n1. The van der Waals surface area contributed by atoms with Crippen molar-refractivity contribution in [3.8, 4) is 0 Å². The Morgan fingerprint density at radius 2 is 1.83 bits per heavy atom. The van der Waals surface area contributed by atoms with Gasteiger partial charge >= 0.3 is 0 Å². The molecule has 152 valence electrons.